The fraction of sp³-hybridized carbons (Fsp3) is 0.400. The maximum Gasteiger partial charge on any atom is 0.308 e. The lowest BCUT2D eigenvalue weighted by Crippen LogP contribution is -2.13. The number of esters is 1. The Kier molecular flexibility index (Phi) is 5.14. The summed E-state index contributed by atoms with van der Waals surface area (Å²) in [4.78, 5) is 15.8. The Balaban J connectivity index is 1.52. The van der Waals surface area contributed by atoms with E-state index in [1.165, 1.54) is 0 Å². The van der Waals surface area contributed by atoms with E-state index in [1.54, 1.807) is 6.20 Å². The molecule has 1 saturated carbocycles. The molecular weight excluding hydrogens is 302 g/mol. The fourth-order valence-electron chi connectivity index (χ4n) is 2.65. The number of carbonyl (C=O) groups is 1. The first-order valence-corrected chi connectivity index (χ1v) is 8.42. The van der Waals surface area contributed by atoms with Crippen molar-refractivity contribution >= 4 is 5.97 Å². The molecule has 1 unspecified atom stereocenters. The van der Waals surface area contributed by atoms with Gasteiger partial charge < -0.3 is 9.47 Å². The van der Waals surface area contributed by atoms with Crippen molar-refractivity contribution in [2.75, 3.05) is 6.61 Å². The van der Waals surface area contributed by atoms with Crippen LogP contribution in [0.1, 0.15) is 37.3 Å². The number of hydrogen-bond acceptors (Lipinski definition) is 4. The van der Waals surface area contributed by atoms with Gasteiger partial charge in [-0.05, 0) is 29.5 Å². The van der Waals surface area contributed by atoms with Crippen LogP contribution in [-0.2, 0) is 16.1 Å². The molecule has 126 valence electrons. The molecule has 1 fully saturated rings. The second-order valence-corrected chi connectivity index (χ2v) is 6.62. The average Bonchev–Trinajstić information content (AvgIpc) is 3.38. The van der Waals surface area contributed by atoms with Crippen molar-refractivity contribution in [3.63, 3.8) is 0 Å². The van der Waals surface area contributed by atoms with Gasteiger partial charge >= 0.3 is 5.97 Å². The van der Waals surface area contributed by atoms with Crippen LogP contribution in [0.5, 0.6) is 5.75 Å². The number of pyridine rings is 1. The molecule has 1 aliphatic carbocycles. The Labute approximate surface area is 142 Å². The number of carbonyl (C=O) groups excluding carboxylic acids is 1. The summed E-state index contributed by atoms with van der Waals surface area (Å²) >= 11 is 0. The van der Waals surface area contributed by atoms with E-state index in [0.717, 1.165) is 23.3 Å². The predicted molar refractivity (Wildman–Crippen MR) is 91.7 cm³/mol. The maximum absolute atomic E-state index is 11.5. The van der Waals surface area contributed by atoms with Crippen LogP contribution in [-0.4, -0.2) is 17.6 Å². The van der Waals surface area contributed by atoms with Gasteiger partial charge in [-0.1, -0.05) is 44.2 Å². The molecule has 0 aliphatic heterocycles. The molecule has 1 aromatic heterocycles. The average molecular weight is 325 g/mol. The molecular formula is C20H23NO3. The van der Waals surface area contributed by atoms with Gasteiger partial charge in [0.25, 0.3) is 0 Å². The van der Waals surface area contributed by atoms with Crippen molar-refractivity contribution in [3.05, 3.63) is 59.9 Å². The number of aromatic nitrogens is 1. The number of hydrogen-bond donors (Lipinski definition) is 0. The molecule has 0 radical (unpaired) electrons. The van der Waals surface area contributed by atoms with Gasteiger partial charge in [0.2, 0.25) is 0 Å². The molecule has 3 rings (SSSR count). The quantitative estimate of drug-likeness (QED) is 0.723. The molecule has 2 aromatic rings. The molecule has 0 bridgehead atoms. The van der Waals surface area contributed by atoms with Crippen LogP contribution in [0.3, 0.4) is 0 Å². The zero-order chi connectivity index (χ0) is 16.9. The van der Waals surface area contributed by atoms with E-state index in [4.69, 9.17) is 9.47 Å². The Morgan fingerprint density at radius 1 is 1.25 bits per heavy atom. The molecule has 1 aliphatic rings. The normalized spacial score (nSPS) is 19.1. The highest BCUT2D eigenvalue weighted by Gasteiger charge is 2.39. The standard InChI is InChI=1S/C20H23NO3/c1-14(2)20(22)24-13-17-9-19(17)16-8-18(11-21-10-16)23-12-15-6-4-3-5-7-15/h3-8,10-11,14,17,19H,9,12-13H2,1-2H3/t17-,19?/m0/s1. The molecule has 0 saturated heterocycles. The summed E-state index contributed by atoms with van der Waals surface area (Å²) in [7, 11) is 0. The van der Waals surface area contributed by atoms with Crippen LogP contribution in [0.15, 0.2) is 48.8 Å². The van der Waals surface area contributed by atoms with Crippen LogP contribution in [0, 0.1) is 11.8 Å². The lowest BCUT2D eigenvalue weighted by molar-refractivity contribution is -0.147. The monoisotopic (exact) mass is 325 g/mol. The van der Waals surface area contributed by atoms with E-state index >= 15 is 0 Å². The van der Waals surface area contributed by atoms with Gasteiger partial charge in [-0.15, -0.1) is 0 Å². The largest absolute Gasteiger partial charge is 0.487 e. The highest BCUT2D eigenvalue weighted by Crippen LogP contribution is 2.47. The number of rotatable bonds is 7. The second kappa shape index (κ2) is 7.47. The van der Waals surface area contributed by atoms with Gasteiger partial charge in [0.1, 0.15) is 12.4 Å². The van der Waals surface area contributed by atoms with Crippen molar-refractivity contribution in [1.82, 2.24) is 4.98 Å². The minimum absolute atomic E-state index is 0.0708. The van der Waals surface area contributed by atoms with Gasteiger partial charge in [-0.2, -0.15) is 0 Å². The third-order valence-corrected chi connectivity index (χ3v) is 4.24. The van der Waals surface area contributed by atoms with Gasteiger partial charge in [0.15, 0.2) is 0 Å². The molecule has 4 heteroatoms. The van der Waals surface area contributed by atoms with Gasteiger partial charge in [-0.3, -0.25) is 9.78 Å². The fourth-order valence-corrected chi connectivity index (χ4v) is 2.65. The first kappa shape index (κ1) is 16.5. The first-order chi connectivity index (χ1) is 11.6. The SMILES string of the molecule is CC(C)C(=O)OC[C@@H]1CC1c1cncc(OCc2ccccc2)c1. The summed E-state index contributed by atoms with van der Waals surface area (Å²) in [5.74, 6) is 1.40. The van der Waals surface area contributed by atoms with Crippen molar-refractivity contribution in [3.8, 4) is 5.75 Å². The molecule has 1 heterocycles. The van der Waals surface area contributed by atoms with Gasteiger partial charge in [0, 0.05) is 12.1 Å². The summed E-state index contributed by atoms with van der Waals surface area (Å²) in [6.45, 7) is 4.73. The van der Waals surface area contributed by atoms with Crippen LogP contribution < -0.4 is 4.74 Å². The summed E-state index contributed by atoms with van der Waals surface area (Å²) in [6.07, 6.45) is 4.65. The molecule has 0 spiro atoms. The van der Waals surface area contributed by atoms with E-state index in [9.17, 15) is 4.79 Å². The number of benzene rings is 1. The minimum atomic E-state index is -0.126. The molecule has 0 N–H and O–H groups in total. The van der Waals surface area contributed by atoms with Gasteiger partial charge in [-0.25, -0.2) is 0 Å². The zero-order valence-electron chi connectivity index (χ0n) is 14.1. The summed E-state index contributed by atoms with van der Waals surface area (Å²) in [6, 6.07) is 12.1. The Morgan fingerprint density at radius 2 is 2.04 bits per heavy atom. The van der Waals surface area contributed by atoms with E-state index in [1.807, 2.05) is 56.4 Å². The van der Waals surface area contributed by atoms with Gasteiger partial charge in [0.05, 0.1) is 18.7 Å². The molecule has 4 nitrogen and oxygen atoms in total. The van der Waals surface area contributed by atoms with Crippen molar-refractivity contribution in [2.24, 2.45) is 11.8 Å². The molecule has 1 aromatic carbocycles. The number of nitrogens with zero attached hydrogens (tertiary/aromatic N) is 1. The van der Waals surface area contributed by atoms with Crippen LogP contribution in [0.2, 0.25) is 0 Å². The first-order valence-electron chi connectivity index (χ1n) is 8.42. The van der Waals surface area contributed by atoms with Crippen molar-refractivity contribution < 1.29 is 14.3 Å². The maximum atomic E-state index is 11.5. The van der Waals surface area contributed by atoms with E-state index in [-0.39, 0.29) is 11.9 Å². The predicted octanol–water partition coefficient (Wildman–Crippen LogP) is 3.96. The summed E-state index contributed by atoms with van der Waals surface area (Å²) < 4.78 is 11.2. The third-order valence-electron chi connectivity index (χ3n) is 4.24. The smallest absolute Gasteiger partial charge is 0.308 e. The van der Waals surface area contributed by atoms with Crippen LogP contribution in [0.4, 0.5) is 0 Å². The topological polar surface area (TPSA) is 48.4 Å². The third kappa shape index (κ3) is 4.34. The van der Waals surface area contributed by atoms with Crippen molar-refractivity contribution in [1.29, 1.82) is 0 Å². The molecule has 2 atom stereocenters. The molecule has 0 amide bonds. The van der Waals surface area contributed by atoms with E-state index < -0.39 is 0 Å². The Hall–Kier alpha value is -2.36. The van der Waals surface area contributed by atoms with Crippen molar-refractivity contribution in [2.45, 2.75) is 32.8 Å². The number of ether oxygens (including phenoxy) is 2. The Bertz CT molecular complexity index is 684. The lowest BCUT2D eigenvalue weighted by Gasteiger charge is -2.08. The minimum Gasteiger partial charge on any atom is -0.487 e. The molecule has 24 heavy (non-hydrogen) atoms. The van der Waals surface area contributed by atoms with E-state index in [2.05, 4.69) is 4.98 Å². The summed E-state index contributed by atoms with van der Waals surface area (Å²) in [5.41, 5.74) is 2.29. The summed E-state index contributed by atoms with van der Waals surface area (Å²) in [5, 5.41) is 0. The van der Waals surface area contributed by atoms with E-state index in [0.29, 0.717) is 25.0 Å². The lowest BCUT2D eigenvalue weighted by atomic mass is 10.1. The van der Waals surface area contributed by atoms with Crippen LogP contribution >= 0.6 is 0 Å². The van der Waals surface area contributed by atoms with Crippen LogP contribution in [0.25, 0.3) is 0 Å². The zero-order valence-corrected chi connectivity index (χ0v) is 14.1. The Morgan fingerprint density at radius 3 is 2.79 bits per heavy atom. The highest BCUT2D eigenvalue weighted by atomic mass is 16.5. The second-order valence-electron chi connectivity index (χ2n) is 6.62. The highest BCUT2D eigenvalue weighted by molar-refractivity contribution is 5.71.